The minimum Gasteiger partial charge on any atom is -0.508 e. The molecule has 0 saturated carbocycles. The first-order valence-corrected chi connectivity index (χ1v) is 12.4. The quantitative estimate of drug-likeness (QED) is 0.399. The van der Waals surface area contributed by atoms with Crippen LogP contribution in [0.2, 0.25) is 0 Å². The maximum Gasteiger partial charge on any atom is 0.408 e. The summed E-state index contributed by atoms with van der Waals surface area (Å²) in [6.07, 6.45) is -0.339. The Morgan fingerprint density at radius 2 is 1.65 bits per heavy atom. The molecule has 0 bridgehead atoms. The number of carbonyl (C=O) groups is 3. The molecule has 9 nitrogen and oxygen atoms in total. The zero-order valence-corrected chi connectivity index (χ0v) is 22.7. The SMILES string of the molecule is CCCN(C(=O)C(CO)NC(=O)OC(C)(C)C)C(C(=O)Nc1c(C)cccc1C)c1ccc(O)c(C)c1. The van der Waals surface area contributed by atoms with Gasteiger partial charge in [0.25, 0.3) is 5.91 Å². The van der Waals surface area contributed by atoms with E-state index in [9.17, 15) is 24.6 Å². The predicted octanol–water partition coefficient (Wildman–Crippen LogP) is 4.12. The van der Waals surface area contributed by atoms with Crippen LogP contribution < -0.4 is 10.6 Å². The van der Waals surface area contributed by atoms with Crippen LogP contribution in [0.5, 0.6) is 5.75 Å². The van der Waals surface area contributed by atoms with Crippen molar-refractivity contribution < 1.29 is 29.3 Å². The molecule has 0 heterocycles. The van der Waals surface area contributed by atoms with E-state index >= 15 is 0 Å². The molecule has 202 valence electrons. The molecule has 4 N–H and O–H groups in total. The zero-order chi connectivity index (χ0) is 27.9. The number of anilines is 1. The molecule has 2 aromatic carbocycles. The second-order valence-electron chi connectivity index (χ2n) is 10.1. The summed E-state index contributed by atoms with van der Waals surface area (Å²) < 4.78 is 5.25. The number of aliphatic hydroxyl groups is 1. The monoisotopic (exact) mass is 513 g/mol. The number of aliphatic hydroxyl groups excluding tert-OH is 1. The van der Waals surface area contributed by atoms with E-state index in [4.69, 9.17) is 4.74 Å². The molecule has 9 heteroatoms. The van der Waals surface area contributed by atoms with Crippen LogP contribution in [-0.2, 0) is 14.3 Å². The Labute approximate surface area is 218 Å². The van der Waals surface area contributed by atoms with Gasteiger partial charge in [0.05, 0.1) is 6.61 Å². The van der Waals surface area contributed by atoms with Crippen molar-refractivity contribution in [3.63, 3.8) is 0 Å². The third-order valence-corrected chi connectivity index (χ3v) is 5.75. The number of rotatable bonds is 9. The summed E-state index contributed by atoms with van der Waals surface area (Å²) in [4.78, 5) is 41.2. The fraction of sp³-hybridized carbons (Fsp3) is 0.464. The van der Waals surface area contributed by atoms with E-state index in [2.05, 4.69) is 10.6 Å². The minimum atomic E-state index is -1.32. The van der Waals surface area contributed by atoms with Crippen LogP contribution in [0.4, 0.5) is 10.5 Å². The van der Waals surface area contributed by atoms with Gasteiger partial charge < -0.3 is 30.5 Å². The molecule has 0 aliphatic carbocycles. The Morgan fingerprint density at radius 1 is 1.03 bits per heavy atom. The van der Waals surface area contributed by atoms with Gasteiger partial charge >= 0.3 is 6.09 Å². The number of hydrogen-bond donors (Lipinski definition) is 4. The number of para-hydroxylation sites is 1. The summed E-state index contributed by atoms with van der Waals surface area (Å²) in [7, 11) is 0. The van der Waals surface area contributed by atoms with E-state index in [1.807, 2.05) is 39.0 Å². The van der Waals surface area contributed by atoms with Crippen LogP contribution in [0.15, 0.2) is 36.4 Å². The summed E-state index contributed by atoms with van der Waals surface area (Å²) in [5.74, 6) is -1.04. The number of alkyl carbamates (subject to hydrolysis) is 1. The second-order valence-corrected chi connectivity index (χ2v) is 10.1. The van der Waals surface area contributed by atoms with E-state index in [1.165, 1.54) is 11.0 Å². The van der Waals surface area contributed by atoms with Gasteiger partial charge in [0.2, 0.25) is 5.91 Å². The fourth-order valence-corrected chi connectivity index (χ4v) is 3.97. The average Bonchev–Trinajstić information content (AvgIpc) is 2.80. The first kappa shape index (κ1) is 29.6. The maximum absolute atomic E-state index is 13.8. The van der Waals surface area contributed by atoms with Gasteiger partial charge in [0.1, 0.15) is 23.4 Å². The average molecular weight is 514 g/mol. The maximum atomic E-state index is 13.8. The molecule has 0 saturated heterocycles. The van der Waals surface area contributed by atoms with E-state index in [0.29, 0.717) is 23.2 Å². The number of phenols is 1. The van der Waals surface area contributed by atoms with Crippen molar-refractivity contribution in [1.29, 1.82) is 0 Å². The first-order chi connectivity index (χ1) is 17.3. The fourth-order valence-electron chi connectivity index (χ4n) is 3.97. The Bertz CT molecular complexity index is 1110. The van der Waals surface area contributed by atoms with Crippen LogP contribution in [0.3, 0.4) is 0 Å². The van der Waals surface area contributed by atoms with Crippen molar-refractivity contribution in [3.8, 4) is 5.75 Å². The number of phenolic OH excluding ortho intramolecular Hbond substituents is 1. The first-order valence-electron chi connectivity index (χ1n) is 12.4. The Kier molecular flexibility index (Phi) is 10.1. The standard InChI is InChI=1S/C28H39N3O6/c1-8-14-31(26(35)21(16-32)29-27(36)37-28(5,6)7)24(20-12-13-22(33)19(4)15-20)25(34)30-23-17(2)10-9-11-18(23)3/h9-13,15,21,24,32-33H,8,14,16H2,1-7H3,(H,29,36)(H,30,34). The lowest BCUT2D eigenvalue weighted by Crippen LogP contribution is -2.54. The molecular weight excluding hydrogens is 474 g/mol. The molecule has 2 atom stereocenters. The summed E-state index contributed by atoms with van der Waals surface area (Å²) in [6, 6.07) is 7.94. The van der Waals surface area contributed by atoms with Crippen LogP contribution in [0, 0.1) is 20.8 Å². The number of benzene rings is 2. The van der Waals surface area contributed by atoms with Crippen LogP contribution in [-0.4, -0.2) is 57.8 Å². The molecule has 2 unspecified atom stereocenters. The molecule has 0 fully saturated rings. The lowest BCUT2D eigenvalue weighted by atomic mass is 9.99. The number of hydrogen-bond acceptors (Lipinski definition) is 6. The molecule has 0 aliphatic heterocycles. The Balaban J connectivity index is 2.52. The van der Waals surface area contributed by atoms with Crippen molar-refractivity contribution in [2.45, 2.75) is 72.6 Å². The summed E-state index contributed by atoms with van der Waals surface area (Å²) in [5, 5.41) is 25.4. The summed E-state index contributed by atoms with van der Waals surface area (Å²) >= 11 is 0. The van der Waals surface area contributed by atoms with Gasteiger partial charge in [-0.1, -0.05) is 31.2 Å². The number of aromatic hydroxyl groups is 1. The predicted molar refractivity (Wildman–Crippen MR) is 142 cm³/mol. The molecule has 2 rings (SSSR count). The molecule has 37 heavy (non-hydrogen) atoms. The Morgan fingerprint density at radius 3 is 2.16 bits per heavy atom. The summed E-state index contributed by atoms with van der Waals surface area (Å²) in [5.41, 5.74) is 2.59. The van der Waals surface area contributed by atoms with Crippen molar-refractivity contribution in [1.82, 2.24) is 10.2 Å². The molecule has 0 radical (unpaired) electrons. The number of nitrogens with zero attached hydrogens (tertiary/aromatic N) is 1. The molecule has 0 aromatic heterocycles. The van der Waals surface area contributed by atoms with Gasteiger partial charge in [-0.3, -0.25) is 9.59 Å². The van der Waals surface area contributed by atoms with Crippen LogP contribution >= 0.6 is 0 Å². The highest BCUT2D eigenvalue weighted by molar-refractivity contribution is 6.00. The number of amides is 3. The van der Waals surface area contributed by atoms with E-state index in [0.717, 1.165) is 11.1 Å². The highest BCUT2D eigenvalue weighted by Gasteiger charge is 2.36. The third-order valence-electron chi connectivity index (χ3n) is 5.75. The van der Waals surface area contributed by atoms with Gasteiger partial charge in [-0.15, -0.1) is 0 Å². The molecular formula is C28H39N3O6. The zero-order valence-electron chi connectivity index (χ0n) is 22.7. The van der Waals surface area contributed by atoms with Gasteiger partial charge in [0.15, 0.2) is 0 Å². The van der Waals surface area contributed by atoms with Gasteiger partial charge in [0, 0.05) is 12.2 Å². The Hall–Kier alpha value is -3.59. The molecule has 2 aromatic rings. The van der Waals surface area contributed by atoms with Gasteiger partial charge in [-0.25, -0.2) is 4.79 Å². The van der Waals surface area contributed by atoms with Crippen molar-refractivity contribution >= 4 is 23.6 Å². The van der Waals surface area contributed by atoms with Crippen LogP contribution in [0.1, 0.15) is 62.4 Å². The lowest BCUT2D eigenvalue weighted by molar-refractivity contribution is -0.141. The van der Waals surface area contributed by atoms with E-state index in [1.54, 1.807) is 39.8 Å². The highest BCUT2D eigenvalue weighted by Crippen LogP contribution is 2.29. The number of ether oxygens (including phenoxy) is 1. The molecule has 3 amide bonds. The topological polar surface area (TPSA) is 128 Å². The number of carbonyl (C=O) groups excluding carboxylic acids is 3. The van der Waals surface area contributed by atoms with Gasteiger partial charge in [-0.05, 0) is 82.3 Å². The highest BCUT2D eigenvalue weighted by atomic mass is 16.6. The largest absolute Gasteiger partial charge is 0.508 e. The lowest BCUT2D eigenvalue weighted by Gasteiger charge is -2.34. The van der Waals surface area contributed by atoms with E-state index < -0.39 is 42.2 Å². The minimum absolute atomic E-state index is 0.0610. The number of aryl methyl sites for hydroxylation is 3. The number of nitrogens with one attached hydrogen (secondary N) is 2. The van der Waals surface area contributed by atoms with Crippen molar-refractivity contribution in [3.05, 3.63) is 58.7 Å². The molecule has 0 spiro atoms. The smallest absolute Gasteiger partial charge is 0.408 e. The second kappa shape index (κ2) is 12.6. The summed E-state index contributed by atoms with van der Waals surface area (Å²) in [6.45, 7) is 11.9. The normalized spacial score (nSPS) is 12.9. The molecule has 0 aliphatic rings. The van der Waals surface area contributed by atoms with Crippen molar-refractivity contribution in [2.75, 3.05) is 18.5 Å². The van der Waals surface area contributed by atoms with E-state index in [-0.39, 0.29) is 12.3 Å². The van der Waals surface area contributed by atoms with Crippen LogP contribution in [0.25, 0.3) is 0 Å². The van der Waals surface area contributed by atoms with Gasteiger partial charge in [-0.2, -0.15) is 0 Å². The van der Waals surface area contributed by atoms with Crippen molar-refractivity contribution in [2.24, 2.45) is 0 Å². The third kappa shape index (κ3) is 7.95.